The summed E-state index contributed by atoms with van der Waals surface area (Å²) < 4.78 is 0. The molecule has 0 aliphatic heterocycles. The molecule has 1 heterocycles. The molecule has 0 bridgehead atoms. The van der Waals surface area contributed by atoms with Gasteiger partial charge in [0.25, 0.3) is 0 Å². The monoisotopic (exact) mass is 258 g/mol. The summed E-state index contributed by atoms with van der Waals surface area (Å²) in [6.07, 6.45) is 1.73. The summed E-state index contributed by atoms with van der Waals surface area (Å²) in [6.45, 7) is 1.81. The average molecular weight is 258 g/mol. The van der Waals surface area contributed by atoms with Gasteiger partial charge in [-0.3, -0.25) is 14.9 Å². The molecule has 0 unspecified atom stereocenters. The van der Waals surface area contributed by atoms with E-state index in [1.165, 1.54) is 19.2 Å². The van der Waals surface area contributed by atoms with Crippen molar-refractivity contribution >= 4 is 11.6 Å². The molecule has 0 radical (unpaired) electrons. The first kappa shape index (κ1) is 14.1. The van der Waals surface area contributed by atoms with Crippen LogP contribution in [0.5, 0.6) is 0 Å². The molecule has 1 amide bonds. The smallest absolute Gasteiger partial charge is 0.306 e. The summed E-state index contributed by atoms with van der Waals surface area (Å²) in [6, 6.07) is 2.85. The highest BCUT2D eigenvalue weighted by atomic mass is 16.6. The zero-order valence-corrected chi connectivity index (χ0v) is 10.1. The molecule has 0 aromatic carbocycles. The first-order valence-electron chi connectivity index (χ1n) is 5.32. The number of rotatable bonds is 3. The van der Waals surface area contributed by atoms with E-state index in [2.05, 4.69) is 22.1 Å². The van der Waals surface area contributed by atoms with Crippen LogP contribution in [0.25, 0.3) is 0 Å². The molecule has 7 heteroatoms. The van der Waals surface area contributed by atoms with Crippen molar-refractivity contribution in [2.24, 2.45) is 0 Å². The first-order chi connectivity index (χ1) is 9.04. The summed E-state index contributed by atoms with van der Waals surface area (Å²) in [5.41, 5.74) is -0.251. The number of carbonyl (C=O) groups is 1. The second kappa shape index (κ2) is 6.72. The fourth-order valence-electron chi connectivity index (χ4n) is 1.21. The number of pyridine rings is 1. The molecule has 0 saturated heterocycles. The lowest BCUT2D eigenvalue weighted by Crippen LogP contribution is -2.20. The standard InChI is InChI=1S/C12H10N4O3/c1-9(17)14-5-3-2-4-10-6-12(16(18)19)11(7-13)15-8-10/h6,8H,3,5H2,1H3,(H,14,17). The summed E-state index contributed by atoms with van der Waals surface area (Å²) in [5.74, 6) is 5.30. The van der Waals surface area contributed by atoms with Crippen LogP contribution in [-0.4, -0.2) is 22.4 Å². The Kier molecular flexibility index (Phi) is 5.00. The Morgan fingerprint density at radius 2 is 2.37 bits per heavy atom. The summed E-state index contributed by atoms with van der Waals surface area (Å²) in [7, 11) is 0. The molecule has 1 aromatic heterocycles. The van der Waals surface area contributed by atoms with Crippen LogP contribution < -0.4 is 5.32 Å². The van der Waals surface area contributed by atoms with Crippen LogP contribution in [0.1, 0.15) is 24.6 Å². The van der Waals surface area contributed by atoms with Crippen molar-refractivity contribution in [1.82, 2.24) is 10.3 Å². The van der Waals surface area contributed by atoms with Crippen LogP contribution >= 0.6 is 0 Å². The van der Waals surface area contributed by atoms with E-state index in [1.54, 1.807) is 6.07 Å². The lowest BCUT2D eigenvalue weighted by Gasteiger charge is -1.95. The van der Waals surface area contributed by atoms with Crippen LogP contribution in [0, 0.1) is 33.3 Å². The highest BCUT2D eigenvalue weighted by Gasteiger charge is 2.14. The number of nitriles is 1. The van der Waals surface area contributed by atoms with E-state index in [1.807, 2.05) is 0 Å². The Hall–Kier alpha value is -2.93. The van der Waals surface area contributed by atoms with Crippen molar-refractivity contribution < 1.29 is 9.72 Å². The topological polar surface area (TPSA) is 109 Å². The molecule has 0 atom stereocenters. The number of aromatic nitrogens is 1. The quantitative estimate of drug-likeness (QED) is 0.372. The maximum atomic E-state index is 10.7. The second-order valence-corrected chi connectivity index (χ2v) is 3.50. The highest BCUT2D eigenvalue weighted by molar-refractivity contribution is 5.72. The molecule has 0 aliphatic rings. The fourth-order valence-corrected chi connectivity index (χ4v) is 1.21. The van der Waals surface area contributed by atoms with Gasteiger partial charge < -0.3 is 5.32 Å². The number of nitrogens with zero attached hydrogens (tertiary/aromatic N) is 3. The lowest BCUT2D eigenvalue weighted by atomic mass is 10.2. The Morgan fingerprint density at radius 3 is 2.95 bits per heavy atom. The number of nitro groups is 1. The molecule has 7 nitrogen and oxygen atoms in total. The molecular formula is C12H10N4O3. The number of carbonyl (C=O) groups excluding carboxylic acids is 1. The van der Waals surface area contributed by atoms with Crippen molar-refractivity contribution in [1.29, 1.82) is 5.26 Å². The zero-order chi connectivity index (χ0) is 14.3. The second-order valence-electron chi connectivity index (χ2n) is 3.50. The van der Waals surface area contributed by atoms with Crippen molar-refractivity contribution in [2.45, 2.75) is 13.3 Å². The van der Waals surface area contributed by atoms with E-state index in [-0.39, 0.29) is 17.3 Å². The van der Waals surface area contributed by atoms with Gasteiger partial charge in [-0.2, -0.15) is 5.26 Å². The van der Waals surface area contributed by atoms with E-state index < -0.39 is 4.92 Å². The predicted octanol–water partition coefficient (Wildman–Crippen LogP) is 0.739. The number of hydrogen-bond donors (Lipinski definition) is 1. The van der Waals surface area contributed by atoms with Gasteiger partial charge in [0.05, 0.1) is 4.92 Å². The third kappa shape index (κ3) is 4.44. The minimum Gasteiger partial charge on any atom is -0.355 e. The van der Waals surface area contributed by atoms with Gasteiger partial charge in [0.15, 0.2) is 0 Å². The lowest BCUT2D eigenvalue weighted by molar-refractivity contribution is -0.385. The van der Waals surface area contributed by atoms with E-state index in [0.29, 0.717) is 18.5 Å². The Labute approximate surface area is 109 Å². The van der Waals surface area contributed by atoms with Crippen LogP contribution in [0.3, 0.4) is 0 Å². The molecular weight excluding hydrogens is 248 g/mol. The Bertz CT molecular complexity index is 608. The van der Waals surface area contributed by atoms with Crippen molar-refractivity contribution in [3.05, 3.63) is 33.6 Å². The number of nitrogens with one attached hydrogen (secondary N) is 1. The predicted molar refractivity (Wildman–Crippen MR) is 65.8 cm³/mol. The average Bonchev–Trinajstić information content (AvgIpc) is 2.37. The molecule has 0 fully saturated rings. The van der Waals surface area contributed by atoms with Crippen LogP contribution in [-0.2, 0) is 4.79 Å². The minimum atomic E-state index is -0.673. The van der Waals surface area contributed by atoms with Gasteiger partial charge in [0.1, 0.15) is 6.07 Å². The van der Waals surface area contributed by atoms with Crippen LogP contribution in [0.4, 0.5) is 5.69 Å². The van der Waals surface area contributed by atoms with Crippen molar-refractivity contribution in [2.75, 3.05) is 6.54 Å². The minimum absolute atomic E-state index is 0.141. The first-order valence-corrected chi connectivity index (χ1v) is 5.32. The maximum absolute atomic E-state index is 10.7. The van der Waals surface area contributed by atoms with Crippen LogP contribution in [0.15, 0.2) is 12.3 Å². The summed E-state index contributed by atoms with van der Waals surface area (Å²) >= 11 is 0. The molecule has 96 valence electrons. The third-order valence-electron chi connectivity index (χ3n) is 2.03. The van der Waals surface area contributed by atoms with E-state index in [0.717, 1.165) is 0 Å². The maximum Gasteiger partial charge on any atom is 0.306 e. The number of hydrogen-bond acceptors (Lipinski definition) is 5. The van der Waals surface area contributed by atoms with Crippen LogP contribution in [0.2, 0.25) is 0 Å². The van der Waals surface area contributed by atoms with Gasteiger partial charge in [-0.05, 0) is 0 Å². The third-order valence-corrected chi connectivity index (χ3v) is 2.03. The Morgan fingerprint density at radius 1 is 1.63 bits per heavy atom. The van der Waals surface area contributed by atoms with E-state index >= 15 is 0 Å². The van der Waals surface area contributed by atoms with E-state index in [4.69, 9.17) is 5.26 Å². The number of amides is 1. The molecule has 1 aromatic rings. The molecule has 19 heavy (non-hydrogen) atoms. The molecule has 0 saturated carbocycles. The largest absolute Gasteiger partial charge is 0.355 e. The summed E-state index contributed by atoms with van der Waals surface area (Å²) in [4.78, 5) is 24.3. The van der Waals surface area contributed by atoms with E-state index in [9.17, 15) is 14.9 Å². The van der Waals surface area contributed by atoms with Gasteiger partial charge >= 0.3 is 5.69 Å². The summed E-state index contributed by atoms with van der Waals surface area (Å²) in [5, 5.41) is 21.9. The van der Waals surface area contributed by atoms with Gasteiger partial charge in [-0.1, -0.05) is 11.8 Å². The SMILES string of the molecule is CC(=O)NCCC#Cc1cnc(C#N)c([N+](=O)[O-])c1. The molecule has 1 N–H and O–H groups in total. The molecule has 1 rings (SSSR count). The fraction of sp³-hybridized carbons (Fsp3) is 0.250. The van der Waals surface area contributed by atoms with Gasteiger partial charge in [0, 0.05) is 37.7 Å². The normalized spacial score (nSPS) is 8.84. The Balaban J connectivity index is 2.78. The highest BCUT2D eigenvalue weighted by Crippen LogP contribution is 2.16. The van der Waals surface area contributed by atoms with Crippen molar-refractivity contribution in [3.63, 3.8) is 0 Å². The zero-order valence-electron chi connectivity index (χ0n) is 10.1. The van der Waals surface area contributed by atoms with Gasteiger partial charge in [-0.25, -0.2) is 4.98 Å². The molecule has 0 spiro atoms. The van der Waals surface area contributed by atoms with Gasteiger partial charge in [0.2, 0.25) is 11.6 Å². The van der Waals surface area contributed by atoms with Crippen molar-refractivity contribution in [3.8, 4) is 17.9 Å². The van der Waals surface area contributed by atoms with Gasteiger partial charge in [-0.15, -0.1) is 0 Å². The molecule has 0 aliphatic carbocycles.